The van der Waals surface area contributed by atoms with E-state index in [9.17, 15) is 67.1 Å². The largest absolute Gasteiger partial charge is 0.416 e. The molecule has 0 bridgehead atoms. The molecule has 4 N–H and O–H groups in total. The number of hydrogen-bond donors (Lipinski definition) is 3. The smallest absolute Gasteiger partial charge is 0.379 e. The monoisotopic (exact) mass is 1400 g/mol. The molecule has 7 aromatic rings. The second-order valence-electron chi connectivity index (χ2n) is 22.4. The number of morpholine rings is 1. The number of amides is 3. The number of benzene rings is 6. The number of pyridine rings is 1. The molecule has 0 unspecified atom stereocenters. The Morgan fingerprint density at radius 2 is 1.13 bits per heavy atom. The fourth-order valence-corrected chi connectivity index (χ4v) is 10.5. The predicted molar refractivity (Wildman–Crippen MR) is 344 cm³/mol. The Hall–Kier alpha value is -8.49. The first-order valence-corrected chi connectivity index (χ1v) is 31.0. The number of rotatable bonds is 15. The molecule has 0 radical (unpaired) electrons. The van der Waals surface area contributed by atoms with E-state index in [1.54, 1.807) is 70.0 Å². The van der Waals surface area contributed by atoms with Crippen LogP contribution in [0.15, 0.2) is 139 Å². The zero-order valence-corrected chi connectivity index (χ0v) is 54.1. The van der Waals surface area contributed by atoms with Gasteiger partial charge >= 0.3 is 24.7 Å². The number of halogens is 13. The zero-order chi connectivity index (χ0) is 69.8. The molecule has 14 nitrogen and oxygen atoms in total. The average molecular weight is 1400 g/mol. The van der Waals surface area contributed by atoms with Gasteiger partial charge in [-0.3, -0.25) is 24.3 Å². The van der Waals surface area contributed by atoms with Gasteiger partial charge < -0.3 is 30.9 Å². The number of carbonyl (C=O) groups excluding carboxylic acids is 3. The van der Waals surface area contributed by atoms with Crippen LogP contribution in [-0.4, -0.2) is 92.0 Å². The van der Waals surface area contributed by atoms with E-state index in [0.29, 0.717) is 86.5 Å². The summed E-state index contributed by atoms with van der Waals surface area (Å²) < 4.78 is 156. The molecule has 95 heavy (non-hydrogen) atoms. The van der Waals surface area contributed by atoms with E-state index in [1.807, 2.05) is 18.2 Å². The Labute approximate surface area is 550 Å². The lowest BCUT2D eigenvalue weighted by atomic mass is 10.0. The third-order valence-corrected chi connectivity index (χ3v) is 16.3. The van der Waals surface area contributed by atoms with Crippen molar-refractivity contribution in [2.45, 2.75) is 96.6 Å². The molecule has 508 valence electrons. The van der Waals surface area contributed by atoms with Crippen molar-refractivity contribution in [3.8, 4) is 11.3 Å². The Bertz CT molecular complexity index is 3740. The molecular weight excluding hydrogens is 1330 g/mol. The Morgan fingerprint density at radius 3 is 1.67 bits per heavy atom. The Morgan fingerprint density at radius 1 is 0.621 bits per heavy atom. The third kappa shape index (κ3) is 22.6. The summed E-state index contributed by atoms with van der Waals surface area (Å²) in [7, 11) is 1.75. The van der Waals surface area contributed by atoms with E-state index in [0.717, 1.165) is 111 Å². The summed E-state index contributed by atoms with van der Waals surface area (Å²) in [5.41, 5.74) is 18.9. The number of aryl methyl sites for hydroxylation is 4. The molecule has 2 aliphatic rings. The molecule has 0 atom stereocenters. The van der Waals surface area contributed by atoms with Crippen LogP contribution in [0.2, 0.25) is 0 Å². The van der Waals surface area contributed by atoms with Crippen LogP contribution in [0.1, 0.15) is 117 Å². The second kappa shape index (κ2) is 34.3. The van der Waals surface area contributed by atoms with Crippen LogP contribution in [0, 0.1) is 27.7 Å². The van der Waals surface area contributed by atoms with Crippen molar-refractivity contribution in [1.82, 2.24) is 20.1 Å². The van der Waals surface area contributed by atoms with Crippen LogP contribution in [0.5, 0.6) is 0 Å². The lowest BCUT2D eigenvalue weighted by Gasteiger charge is -2.29. The first kappa shape index (κ1) is 75.5. The minimum absolute atomic E-state index is 0.0632. The second-order valence-corrected chi connectivity index (χ2v) is 22.9. The van der Waals surface area contributed by atoms with E-state index in [2.05, 4.69) is 51.4 Å². The number of alkyl halides is 13. The lowest BCUT2D eigenvalue weighted by molar-refractivity contribution is -0.138. The number of nitrogens with two attached hydrogens (primary N) is 1. The molecule has 0 aliphatic carbocycles. The number of nitrogens with one attached hydrogen (secondary N) is 2. The van der Waals surface area contributed by atoms with E-state index in [1.165, 1.54) is 42.6 Å². The minimum atomic E-state index is -4.50. The van der Waals surface area contributed by atoms with Gasteiger partial charge in [0.2, 0.25) is 0 Å². The quantitative estimate of drug-likeness (QED) is 0.0298. The normalized spacial score (nSPS) is 13.5. The highest BCUT2D eigenvalue weighted by molar-refractivity contribution is 9.08. The number of anilines is 2. The molecule has 0 spiro atoms. The highest BCUT2D eigenvalue weighted by atomic mass is 79.9. The maximum absolute atomic E-state index is 13.7. The molecule has 2 saturated heterocycles. The van der Waals surface area contributed by atoms with Crippen molar-refractivity contribution in [2.75, 3.05) is 69.7 Å². The van der Waals surface area contributed by atoms with E-state index < -0.39 is 58.8 Å². The molecule has 6 aromatic carbocycles. The summed E-state index contributed by atoms with van der Waals surface area (Å²) in [5.74, 6) is -1.09. The summed E-state index contributed by atoms with van der Waals surface area (Å²) >= 11 is 3.14. The first-order valence-electron chi connectivity index (χ1n) is 29.9. The number of carbonyl (C=O) groups is 3. The molecule has 3 amide bonds. The summed E-state index contributed by atoms with van der Waals surface area (Å²) in [6.07, 6.45) is -12.6. The maximum atomic E-state index is 13.7. The van der Waals surface area contributed by atoms with Crippen LogP contribution in [0.4, 0.5) is 64.1 Å². The summed E-state index contributed by atoms with van der Waals surface area (Å²) in [4.78, 5) is 53.7. The number of nitrogens with zero attached hydrogens (tertiary/aromatic N) is 7. The SMILES string of the molecule is Cc1ccc(C(F)(F)F)cc1CBr.Cc1ccc(C(F)(F)F)cc1CN.Cc1ccc(C(F)(F)F)cc1CN=[N+]=[N-].Cc1ccc(C(F)(F)F)cc1CNC(=O)c1ccnc(-c2cc(N3CCCCC3)ccc2NC(=O)c2cccc(C(=O)N(C)CCN3CCOCC3)c2)c1. The highest BCUT2D eigenvalue weighted by Crippen LogP contribution is 2.36. The number of ether oxygens (including phenoxy) is 1. The van der Waals surface area contributed by atoms with Crippen molar-refractivity contribution < 1.29 is 71.8 Å². The van der Waals surface area contributed by atoms with Crippen LogP contribution in [0.25, 0.3) is 21.7 Å². The summed E-state index contributed by atoms with van der Waals surface area (Å²) in [6, 6.07) is 29.6. The molecule has 9 rings (SSSR count). The van der Waals surface area contributed by atoms with Gasteiger partial charge in [0.15, 0.2) is 0 Å². The first-order chi connectivity index (χ1) is 44.8. The number of likely N-dealkylation sites (N-methyl/N-ethyl adjacent to an activating group) is 1. The standard InChI is InChI=1S/C41H45F3N6O4.C9H8BrF3.C9H8F3N3.C9H10F3N/c1-28-9-10-33(41(42,43)44)24-32(28)27-46-38(51)30-13-14-45-37(25-30)35-26-34(50-15-4-3-5-16-50)11-12-36(35)47-39(52)29-7-6-8-31(23-29)40(53)48(2)17-18-49-19-21-54-22-20-49;1-6-2-3-8(9(11,12)13)4-7(6)5-10;1-6-2-3-8(9(10,11)12)4-7(6)5-14-15-13;1-6-2-3-8(9(10,11)12)4-7(6)5-13/h6-14,23-26H,3-5,15-22,27H2,1-2H3,(H,46,51)(H,47,52);2-4H,5H2,1H3;2-4H,5H2,1H3;2-4H,5,13H2,1H3. The summed E-state index contributed by atoms with van der Waals surface area (Å²) in [5, 5.41) is 9.43. The highest BCUT2D eigenvalue weighted by Gasteiger charge is 2.34. The molecule has 3 heterocycles. The van der Waals surface area contributed by atoms with Gasteiger partial charge in [-0.15, -0.1) is 0 Å². The number of hydrogen-bond acceptors (Lipinski definition) is 9. The minimum Gasteiger partial charge on any atom is -0.379 e. The van der Waals surface area contributed by atoms with E-state index >= 15 is 0 Å². The van der Waals surface area contributed by atoms with Crippen molar-refractivity contribution in [1.29, 1.82) is 0 Å². The summed E-state index contributed by atoms with van der Waals surface area (Å²) in [6.45, 7) is 12.9. The maximum Gasteiger partial charge on any atom is 0.416 e. The average Bonchev–Trinajstić information content (AvgIpc) is 0.826. The fraction of sp³-hybridized carbons (Fsp3) is 0.353. The van der Waals surface area contributed by atoms with Gasteiger partial charge in [0, 0.05) is 104 Å². The van der Waals surface area contributed by atoms with E-state index in [-0.39, 0.29) is 31.1 Å². The molecule has 27 heteroatoms. The number of piperidine rings is 1. The van der Waals surface area contributed by atoms with Gasteiger partial charge in [-0.2, -0.15) is 52.7 Å². The van der Waals surface area contributed by atoms with Crippen molar-refractivity contribution >= 4 is 45.0 Å². The fourth-order valence-electron chi connectivity index (χ4n) is 9.85. The number of aromatic nitrogens is 1. The van der Waals surface area contributed by atoms with Crippen LogP contribution >= 0.6 is 15.9 Å². The predicted octanol–water partition coefficient (Wildman–Crippen LogP) is 16.9. The molecular formula is C68H71BrF12N10O4. The molecule has 2 aliphatic heterocycles. The molecule has 1 aromatic heterocycles. The third-order valence-electron chi connectivity index (χ3n) is 15.7. The van der Waals surface area contributed by atoms with Crippen LogP contribution in [-0.2, 0) is 54.4 Å². The van der Waals surface area contributed by atoms with Crippen molar-refractivity contribution in [2.24, 2.45) is 10.8 Å². The van der Waals surface area contributed by atoms with Crippen LogP contribution < -0.4 is 21.3 Å². The van der Waals surface area contributed by atoms with Gasteiger partial charge in [-0.25, -0.2) is 0 Å². The van der Waals surface area contributed by atoms with Gasteiger partial charge in [-0.1, -0.05) is 51.4 Å². The van der Waals surface area contributed by atoms with Gasteiger partial charge in [0.1, 0.15) is 0 Å². The number of azide groups is 1. The zero-order valence-electron chi connectivity index (χ0n) is 52.6. The Kier molecular flexibility index (Phi) is 27.2. The topological polar surface area (TPSA) is 182 Å². The van der Waals surface area contributed by atoms with Crippen molar-refractivity contribution in [3.63, 3.8) is 0 Å². The van der Waals surface area contributed by atoms with Gasteiger partial charge in [-0.05, 0) is 194 Å². The molecule has 0 saturated carbocycles. The van der Waals surface area contributed by atoms with Crippen molar-refractivity contribution in [3.05, 3.63) is 227 Å². The van der Waals surface area contributed by atoms with E-state index in [4.69, 9.17) is 16.0 Å². The molecule has 2 fully saturated rings. The van der Waals surface area contributed by atoms with Crippen LogP contribution in [0.3, 0.4) is 0 Å². The van der Waals surface area contributed by atoms with Gasteiger partial charge in [0.25, 0.3) is 17.7 Å². The lowest BCUT2D eigenvalue weighted by Crippen LogP contribution is -2.41. The Balaban J connectivity index is 0.000000278. The van der Waals surface area contributed by atoms with Gasteiger partial charge in [0.05, 0.1) is 53.4 Å².